The molecule has 10 atom stereocenters. The van der Waals surface area contributed by atoms with E-state index in [-0.39, 0.29) is 56.2 Å². The zero-order valence-corrected chi connectivity index (χ0v) is 46.7. The first-order valence-electron chi connectivity index (χ1n) is 28.7. The van der Waals surface area contributed by atoms with Crippen LogP contribution in [0.15, 0.2) is 146 Å². The van der Waals surface area contributed by atoms with E-state index in [9.17, 15) is 30.4 Å². The molecule has 8 fully saturated rings. The Morgan fingerprint density at radius 3 is 1.32 bits per heavy atom. The van der Waals surface area contributed by atoms with Crippen LogP contribution in [0.25, 0.3) is 0 Å². The largest absolute Gasteiger partial charge is 0.437 e. The molecule has 9 N–H and O–H groups in total. The van der Waals surface area contributed by atoms with Gasteiger partial charge in [0.1, 0.15) is 28.0 Å². The molecule has 18 heteroatoms. The maximum absolute atomic E-state index is 10.7. The number of hydrogen-bond acceptors (Lipinski definition) is 15. The van der Waals surface area contributed by atoms with Crippen LogP contribution in [0.3, 0.4) is 0 Å². The number of nitrogens with one attached hydrogen (secondary N) is 2. The van der Waals surface area contributed by atoms with Crippen LogP contribution in [0.4, 0.5) is 0 Å². The van der Waals surface area contributed by atoms with E-state index in [1.165, 1.54) is 22.3 Å². The Hall–Kier alpha value is -4.31. The monoisotopic (exact) mass is 1080 g/mol. The van der Waals surface area contributed by atoms with Crippen molar-refractivity contribution in [3.63, 3.8) is 0 Å². The maximum Gasteiger partial charge on any atom is 0.376 e. The molecule has 8 saturated heterocycles. The number of piperidine rings is 2. The van der Waals surface area contributed by atoms with E-state index < -0.39 is 18.3 Å². The molecule has 5 aromatic rings. The van der Waals surface area contributed by atoms with Crippen molar-refractivity contribution in [3.8, 4) is 0 Å². The Labute approximate surface area is 469 Å². The summed E-state index contributed by atoms with van der Waals surface area (Å²) in [7, 11) is -1.42. The van der Waals surface area contributed by atoms with Crippen LogP contribution in [-0.2, 0) is 42.2 Å². The number of nitrogens with zero attached hydrogens (tertiary/aromatic N) is 3. The van der Waals surface area contributed by atoms with Crippen LogP contribution in [0.1, 0.15) is 78.3 Å². The van der Waals surface area contributed by atoms with Gasteiger partial charge in [0, 0.05) is 62.9 Å². The van der Waals surface area contributed by atoms with E-state index >= 15 is 0 Å². The third kappa shape index (κ3) is 13.5. The summed E-state index contributed by atoms with van der Waals surface area (Å²) < 4.78 is 17.8. The third-order valence-corrected chi connectivity index (χ3v) is 17.9. The fraction of sp³-hybridized carbons (Fsp3) is 0.508. The second-order valence-electron chi connectivity index (χ2n) is 23.4. The lowest BCUT2D eigenvalue weighted by molar-refractivity contribution is -0.0426. The normalized spacial score (nSPS) is 32.3. The van der Waals surface area contributed by atoms with Crippen molar-refractivity contribution in [1.29, 1.82) is 0 Å². The van der Waals surface area contributed by atoms with Gasteiger partial charge in [-0.25, -0.2) is 0 Å². The minimum Gasteiger partial charge on any atom is -0.437 e. The smallest absolute Gasteiger partial charge is 0.376 e. The molecule has 7 unspecified atom stereocenters. The lowest BCUT2D eigenvalue weighted by Gasteiger charge is -2.44. The minimum absolute atomic E-state index is 0.00801. The second kappa shape index (κ2) is 25.9. The molecule has 8 aliphatic rings. The molecule has 0 saturated carbocycles. The summed E-state index contributed by atoms with van der Waals surface area (Å²) in [5.41, 5.74) is 4.81. The first-order chi connectivity index (χ1) is 38.0. The molecule has 13 rings (SSSR count). The Morgan fingerprint density at radius 2 is 0.924 bits per heavy atom. The zero-order chi connectivity index (χ0) is 55.8. The predicted octanol–water partition coefficient (Wildman–Crippen LogP) is 4.84. The summed E-state index contributed by atoms with van der Waals surface area (Å²) in [5.74, 6) is 0. The summed E-state index contributed by atoms with van der Waals surface area (Å²) >= 11 is 0. The molecule has 0 radical (unpaired) electrons. The number of aryl methyl sites for hydroxylation is 1. The van der Waals surface area contributed by atoms with Gasteiger partial charge in [-0.3, -0.25) is 0 Å². The van der Waals surface area contributed by atoms with Crippen molar-refractivity contribution in [1.82, 2.24) is 25.1 Å². The predicted molar refractivity (Wildman–Crippen MR) is 311 cm³/mol. The molecule has 0 spiro atoms. The molecule has 0 aliphatic carbocycles. The summed E-state index contributed by atoms with van der Waals surface area (Å²) in [6.45, 7) is 13.4. The fourth-order valence-corrected chi connectivity index (χ4v) is 13.2. The van der Waals surface area contributed by atoms with Crippen LogP contribution in [-0.4, -0.2) is 167 Å². The van der Waals surface area contributed by atoms with Crippen LogP contribution in [0.2, 0.25) is 20.5 Å². The van der Waals surface area contributed by atoms with Gasteiger partial charge < -0.3 is 74.8 Å². The highest BCUT2D eigenvalue weighted by Crippen LogP contribution is 2.47. The molecular formula is C61H84B3N5O10. The van der Waals surface area contributed by atoms with E-state index in [0.29, 0.717) is 50.5 Å². The number of morpholine rings is 3. The molecule has 422 valence electrons. The van der Waals surface area contributed by atoms with E-state index in [1.807, 2.05) is 92.5 Å². The topological polar surface area (TPSA) is 203 Å². The molecular weight excluding hydrogens is 995 g/mol. The van der Waals surface area contributed by atoms with E-state index in [1.54, 1.807) is 11.6 Å². The highest BCUT2D eigenvalue weighted by Gasteiger charge is 2.55. The molecule has 0 aromatic heterocycles. The van der Waals surface area contributed by atoms with Gasteiger partial charge in [-0.15, -0.1) is 0 Å². The van der Waals surface area contributed by atoms with Crippen molar-refractivity contribution in [2.24, 2.45) is 0 Å². The Bertz CT molecular complexity index is 2640. The van der Waals surface area contributed by atoms with Crippen LogP contribution < -0.4 is 10.6 Å². The number of hydrogen-bond donors (Lipinski definition) is 9. The molecule has 8 aliphatic heterocycles. The van der Waals surface area contributed by atoms with Crippen molar-refractivity contribution in [3.05, 3.63) is 179 Å². The van der Waals surface area contributed by atoms with Gasteiger partial charge in [-0.1, -0.05) is 151 Å². The van der Waals surface area contributed by atoms with Gasteiger partial charge in [0.2, 0.25) is 0 Å². The number of rotatable bonds is 10. The lowest BCUT2D eigenvalue weighted by Crippen LogP contribution is -2.57. The van der Waals surface area contributed by atoms with Gasteiger partial charge in [0.25, 0.3) is 0 Å². The first kappa shape index (κ1) is 59.3. The molecule has 8 heterocycles. The maximum atomic E-state index is 10.7. The SMILES string of the molecule is CB(O)N1CC(O)(c2ccccc2)CCC1CO.CB(O)N1C[C@]2(c3ccc(C)cc3)CC1CO2.CB(O)N1C[C@]2(c3ccccc3)CC1CO2.OCC1CCC(O)(c2ccccc2)CN1.c1ccc([C@]23CNC(CO2)C3)cc1. The second-order valence-corrected chi connectivity index (χ2v) is 23.4. The Morgan fingerprint density at radius 1 is 0.481 bits per heavy atom. The van der Waals surface area contributed by atoms with E-state index in [2.05, 4.69) is 93.9 Å². The van der Waals surface area contributed by atoms with E-state index in [4.69, 9.17) is 19.3 Å². The summed E-state index contributed by atoms with van der Waals surface area (Å²) in [4.78, 5) is 6.04. The number of aliphatic hydroxyl groups is 4. The Balaban J connectivity index is 0.000000120. The van der Waals surface area contributed by atoms with Crippen molar-refractivity contribution < 1.29 is 49.7 Å². The van der Waals surface area contributed by atoms with Gasteiger partial charge >= 0.3 is 21.2 Å². The van der Waals surface area contributed by atoms with Gasteiger partial charge in [0.05, 0.1) is 33.0 Å². The fourth-order valence-electron chi connectivity index (χ4n) is 13.2. The number of ether oxygens (including phenoxy) is 3. The minimum atomic E-state index is -0.941. The first-order valence-corrected chi connectivity index (χ1v) is 28.7. The van der Waals surface area contributed by atoms with Gasteiger partial charge in [0.15, 0.2) is 0 Å². The van der Waals surface area contributed by atoms with Crippen LogP contribution in [0.5, 0.6) is 0 Å². The van der Waals surface area contributed by atoms with Crippen molar-refractivity contribution in [2.75, 3.05) is 65.8 Å². The zero-order valence-electron chi connectivity index (χ0n) is 46.7. The van der Waals surface area contributed by atoms with Crippen LogP contribution in [0, 0.1) is 6.92 Å². The Kier molecular flexibility index (Phi) is 19.4. The summed E-state index contributed by atoms with van der Waals surface area (Å²) in [5, 5.41) is 75.3. The summed E-state index contributed by atoms with van der Waals surface area (Å²) in [6.07, 6.45) is 5.93. The highest BCUT2D eigenvalue weighted by atomic mass is 16.5. The molecule has 0 amide bonds. The number of benzene rings is 5. The molecule has 5 aromatic carbocycles. The number of aliphatic hydroxyl groups excluding tert-OH is 2. The standard InChI is InChI=1S/C13H20BNO3.C13H18BNO2.C12H16BNO2.C12H17NO2.C11H13NO/c1-14(18)15-10-13(17,8-7-12(15)9-16)11-5-3-2-4-6-11;1-10-3-5-11(6-4-10)13-7-12(8-17-13)15(9-13)14(2)16;1-13(15)14-9-12(7-11(14)8-16-12)10-5-3-2-4-6-10;14-8-11-6-7-12(15,9-13-11)10-4-2-1-3-5-10;1-2-4-9(5-3-1)11-6-10(7-13-11)12-8-11/h2-6,12,16-18H,7-10H2,1H3;3-6,12,16H,7-9H2,1-2H3;2-6,11,15H,7-9H2,1H3;1-5,11,13-15H,6-9H2;1-5,10,12H,6-8H2/t;12?,13-;11?,12-;;10?,11-/m.00.0/s1. The molecule has 15 nitrogen and oxygen atoms in total. The number of fused-ring (bicyclic) bond motifs is 6. The quantitative estimate of drug-likeness (QED) is 0.0861. The average molecular weight is 1080 g/mol. The lowest BCUT2D eigenvalue weighted by atomic mass is 9.74. The average Bonchev–Trinajstić information content (AvgIpc) is 4.55. The van der Waals surface area contributed by atoms with Crippen molar-refractivity contribution in [2.45, 2.75) is 131 Å². The number of β-amino-alcohol motifs (C(OH)–C–C–N with tert-alkyl or cyclic N) is 2. The molecule has 6 bridgehead atoms. The summed E-state index contributed by atoms with van der Waals surface area (Å²) in [6, 6.07) is 50.1. The van der Waals surface area contributed by atoms with Crippen molar-refractivity contribution >= 4 is 21.2 Å². The third-order valence-electron chi connectivity index (χ3n) is 17.9. The van der Waals surface area contributed by atoms with Crippen LogP contribution >= 0.6 is 0 Å². The van der Waals surface area contributed by atoms with Gasteiger partial charge in [-0.05, 0) is 100 Å². The van der Waals surface area contributed by atoms with Gasteiger partial charge in [-0.2, -0.15) is 0 Å². The van der Waals surface area contributed by atoms with E-state index in [0.717, 1.165) is 76.3 Å². The molecule has 79 heavy (non-hydrogen) atoms. The highest BCUT2D eigenvalue weighted by molar-refractivity contribution is 6.46.